The molecule has 1 heterocycles. The maximum atomic E-state index is 10.9. The maximum Gasteiger partial charge on any atom is 0.254 e. The van der Waals surface area contributed by atoms with Crippen molar-refractivity contribution in [1.82, 2.24) is 9.97 Å². The van der Waals surface area contributed by atoms with Gasteiger partial charge in [-0.05, 0) is 20.1 Å². The zero-order valence-electron chi connectivity index (χ0n) is 8.94. The molecule has 15 heavy (non-hydrogen) atoms. The number of nitrogen functional groups attached to an aromatic ring is 1. The second kappa shape index (κ2) is 4.06. The Balaban J connectivity index is 3.18. The molecule has 0 saturated carbocycles. The quantitative estimate of drug-likeness (QED) is 0.793. The van der Waals surface area contributed by atoms with Crippen molar-refractivity contribution in [2.75, 3.05) is 12.0 Å². The third-order valence-electron chi connectivity index (χ3n) is 2.13. The van der Waals surface area contributed by atoms with Crippen molar-refractivity contribution in [3.8, 4) is 0 Å². The predicted octanol–water partition coefficient (Wildman–Crippen LogP) is 0.756. The molecule has 0 fully saturated rings. The molecular weight excluding hydrogens is 212 g/mol. The number of nitrogens with zero attached hydrogens (tertiary/aromatic N) is 2. The summed E-state index contributed by atoms with van der Waals surface area (Å²) < 4.78 is -0.232. The predicted molar refractivity (Wildman–Crippen MR) is 61.5 cm³/mol. The van der Waals surface area contributed by atoms with Crippen molar-refractivity contribution in [3.05, 3.63) is 17.6 Å². The monoisotopic (exact) mass is 226 g/mol. The minimum atomic E-state index is -0.610. The molecule has 1 rings (SSSR count). The Morgan fingerprint density at radius 3 is 2.53 bits per heavy atom. The van der Waals surface area contributed by atoms with Crippen molar-refractivity contribution < 1.29 is 4.79 Å². The summed E-state index contributed by atoms with van der Waals surface area (Å²) in [6, 6.07) is 0. The van der Waals surface area contributed by atoms with Gasteiger partial charge < -0.3 is 11.5 Å². The van der Waals surface area contributed by atoms with Crippen LogP contribution in [0.25, 0.3) is 0 Å². The molecule has 1 aromatic rings. The van der Waals surface area contributed by atoms with E-state index >= 15 is 0 Å². The molecule has 0 spiro atoms. The molecule has 4 N–H and O–H groups in total. The van der Waals surface area contributed by atoms with E-state index in [2.05, 4.69) is 9.97 Å². The molecule has 1 amide bonds. The van der Waals surface area contributed by atoms with Gasteiger partial charge in [0.25, 0.3) is 5.91 Å². The van der Waals surface area contributed by atoms with Crippen molar-refractivity contribution in [2.45, 2.75) is 18.6 Å². The van der Waals surface area contributed by atoms with Crippen LogP contribution in [0.1, 0.15) is 30.0 Å². The fourth-order valence-electron chi connectivity index (χ4n) is 0.966. The molecule has 0 aliphatic carbocycles. The summed E-state index contributed by atoms with van der Waals surface area (Å²) in [6.07, 6.45) is 3.33. The van der Waals surface area contributed by atoms with Crippen molar-refractivity contribution >= 4 is 23.5 Å². The first-order chi connectivity index (χ1) is 6.88. The largest absolute Gasteiger partial charge is 0.383 e. The average molecular weight is 226 g/mol. The third kappa shape index (κ3) is 2.38. The number of hydrogen-bond donors (Lipinski definition) is 2. The molecule has 82 valence electrons. The van der Waals surface area contributed by atoms with E-state index in [0.29, 0.717) is 5.82 Å². The molecule has 0 saturated heterocycles. The van der Waals surface area contributed by atoms with E-state index in [1.807, 2.05) is 20.1 Å². The fraction of sp³-hybridized carbons (Fsp3) is 0.444. The number of carbonyl (C=O) groups excluding carboxylic acids is 1. The van der Waals surface area contributed by atoms with E-state index in [9.17, 15) is 4.79 Å². The second-order valence-electron chi connectivity index (χ2n) is 3.57. The Kier molecular flexibility index (Phi) is 3.18. The number of primary amides is 1. The SMILES string of the molecule is CSC(C)(C)c1ncc(C(N)=O)c(N)n1. The summed E-state index contributed by atoms with van der Waals surface area (Å²) in [5, 5.41) is 0. The van der Waals surface area contributed by atoms with Crippen LogP contribution in [0, 0.1) is 0 Å². The Bertz CT molecular complexity index is 392. The minimum absolute atomic E-state index is 0.134. The lowest BCUT2D eigenvalue weighted by Gasteiger charge is -2.20. The summed E-state index contributed by atoms with van der Waals surface area (Å²) in [6.45, 7) is 3.97. The number of thioether (sulfide) groups is 1. The van der Waals surface area contributed by atoms with Gasteiger partial charge in [0, 0.05) is 6.20 Å². The summed E-state index contributed by atoms with van der Waals surface area (Å²) in [5.41, 5.74) is 10.9. The fourth-order valence-corrected chi connectivity index (χ4v) is 1.25. The maximum absolute atomic E-state index is 10.9. The smallest absolute Gasteiger partial charge is 0.254 e. The highest BCUT2D eigenvalue weighted by molar-refractivity contribution is 7.99. The van der Waals surface area contributed by atoms with E-state index in [1.165, 1.54) is 6.20 Å². The first-order valence-corrected chi connectivity index (χ1v) is 5.59. The normalized spacial score (nSPS) is 11.4. The van der Waals surface area contributed by atoms with Gasteiger partial charge in [-0.15, -0.1) is 0 Å². The first-order valence-electron chi connectivity index (χ1n) is 4.36. The van der Waals surface area contributed by atoms with Crippen molar-refractivity contribution in [3.63, 3.8) is 0 Å². The lowest BCUT2D eigenvalue weighted by atomic mass is 10.2. The van der Waals surface area contributed by atoms with Gasteiger partial charge in [0.2, 0.25) is 0 Å². The highest BCUT2D eigenvalue weighted by Gasteiger charge is 2.23. The van der Waals surface area contributed by atoms with Crippen LogP contribution < -0.4 is 11.5 Å². The van der Waals surface area contributed by atoms with Crippen LogP contribution >= 0.6 is 11.8 Å². The van der Waals surface area contributed by atoms with Gasteiger partial charge in [0.1, 0.15) is 11.6 Å². The van der Waals surface area contributed by atoms with Gasteiger partial charge in [-0.25, -0.2) is 9.97 Å². The summed E-state index contributed by atoms with van der Waals surface area (Å²) in [4.78, 5) is 19.1. The zero-order chi connectivity index (χ0) is 11.6. The van der Waals surface area contributed by atoms with Crippen molar-refractivity contribution in [1.29, 1.82) is 0 Å². The van der Waals surface area contributed by atoms with Gasteiger partial charge in [-0.1, -0.05) is 0 Å². The molecule has 6 heteroatoms. The zero-order valence-corrected chi connectivity index (χ0v) is 9.76. The molecule has 0 bridgehead atoms. The molecular formula is C9H14N4OS. The molecule has 0 aliphatic rings. The number of rotatable bonds is 3. The number of anilines is 1. The van der Waals surface area contributed by atoms with Gasteiger partial charge in [0.05, 0.1) is 10.3 Å². The van der Waals surface area contributed by atoms with Crippen LogP contribution in [0.3, 0.4) is 0 Å². The second-order valence-corrected chi connectivity index (χ2v) is 5.00. The number of aromatic nitrogens is 2. The Morgan fingerprint density at radius 2 is 2.13 bits per heavy atom. The first kappa shape index (κ1) is 11.8. The van der Waals surface area contributed by atoms with Crippen LogP contribution in [0.5, 0.6) is 0 Å². The van der Waals surface area contributed by atoms with Gasteiger partial charge in [-0.3, -0.25) is 4.79 Å². The summed E-state index contributed by atoms with van der Waals surface area (Å²) >= 11 is 1.61. The summed E-state index contributed by atoms with van der Waals surface area (Å²) in [5.74, 6) is 0.119. The lowest BCUT2D eigenvalue weighted by molar-refractivity contribution is 0.100. The van der Waals surface area contributed by atoms with Gasteiger partial charge >= 0.3 is 0 Å². The van der Waals surface area contributed by atoms with Gasteiger partial charge in [-0.2, -0.15) is 11.8 Å². The Hall–Kier alpha value is -1.30. The molecule has 0 radical (unpaired) electrons. The molecule has 0 aliphatic heterocycles. The standard InChI is InChI=1S/C9H14N4OS/c1-9(2,15-3)8-12-4-5(7(11)14)6(10)13-8/h4H,1-3H3,(H2,11,14)(H2,10,12,13). The molecule has 5 nitrogen and oxygen atoms in total. The van der Waals surface area contributed by atoms with Crippen LogP contribution in [-0.2, 0) is 4.75 Å². The Labute approximate surface area is 92.7 Å². The van der Waals surface area contributed by atoms with Gasteiger partial charge in [0.15, 0.2) is 0 Å². The number of amides is 1. The van der Waals surface area contributed by atoms with E-state index in [0.717, 1.165) is 0 Å². The highest BCUT2D eigenvalue weighted by Crippen LogP contribution is 2.31. The van der Waals surface area contributed by atoms with Crippen LogP contribution in [-0.4, -0.2) is 22.1 Å². The average Bonchev–Trinajstić information content (AvgIpc) is 2.17. The Morgan fingerprint density at radius 1 is 1.53 bits per heavy atom. The lowest BCUT2D eigenvalue weighted by Crippen LogP contribution is -2.20. The van der Waals surface area contributed by atoms with Crippen LogP contribution in [0.4, 0.5) is 5.82 Å². The molecule has 1 aromatic heterocycles. The van der Waals surface area contributed by atoms with E-state index in [1.54, 1.807) is 11.8 Å². The molecule has 0 aromatic carbocycles. The number of nitrogens with two attached hydrogens (primary N) is 2. The number of hydrogen-bond acceptors (Lipinski definition) is 5. The van der Waals surface area contributed by atoms with Crippen LogP contribution in [0.2, 0.25) is 0 Å². The molecule has 0 unspecified atom stereocenters. The summed E-state index contributed by atoms with van der Waals surface area (Å²) in [7, 11) is 0. The van der Waals surface area contributed by atoms with E-state index in [-0.39, 0.29) is 16.1 Å². The van der Waals surface area contributed by atoms with Crippen LogP contribution in [0.15, 0.2) is 6.20 Å². The highest BCUT2D eigenvalue weighted by atomic mass is 32.2. The van der Waals surface area contributed by atoms with E-state index in [4.69, 9.17) is 11.5 Å². The minimum Gasteiger partial charge on any atom is -0.383 e. The van der Waals surface area contributed by atoms with E-state index < -0.39 is 5.91 Å². The number of carbonyl (C=O) groups is 1. The third-order valence-corrected chi connectivity index (χ3v) is 3.34. The van der Waals surface area contributed by atoms with Crippen molar-refractivity contribution in [2.24, 2.45) is 5.73 Å². The molecule has 0 atom stereocenters. The topological polar surface area (TPSA) is 94.9 Å².